The number of aromatic amines is 1. The zero-order chi connectivity index (χ0) is 13.2. The number of nitro benzene ring substituents is 1. The average Bonchev–Trinajstić information content (AvgIpc) is 2.81. The fourth-order valence-electron chi connectivity index (χ4n) is 2.02. The lowest BCUT2D eigenvalue weighted by molar-refractivity contribution is -0.384. The van der Waals surface area contributed by atoms with Gasteiger partial charge in [0.1, 0.15) is 5.82 Å². The van der Waals surface area contributed by atoms with Gasteiger partial charge in [0.2, 0.25) is 0 Å². The third-order valence-corrected chi connectivity index (χ3v) is 2.96. The minimum absolute atomic E-state index is 0.105. The summed E-state index contributed by atoms with van der Waals surface area (Å²) >= 11 is 0. The highest BCUT2D eigenvalue weighted by atomic mass is 16.6. The molecule has 3 rings (SSSR count). The molecule has 0 amide bonds. The Hall–Kier alpha value is -2.69. The second-order valence-electron chi connectivity index (χ2n) is 4.30. The molecule has 2 aromatic carbocycles. The Kier molecular flexibility index (Phi) is 2.72. The van der Waals surface area contributed by atoms with Gasteiger partial charge in [-0.05, 0) is 17.7 Å². The number of non-ortho nitro benzene ring substituents is 1. The van der Waals surface area contributed by atoms with Crippen molar-refractivity contribution in [2.24, 2.45) is 0 Å². The summed E-state index contributed by atoms with van der Waals surface area (Å²) in [5.74, 6) is 0.857. The Balaban J connectivity index is 1.86. The van der Waals surface area contributed by atoms with Crippen LogP contribution < -0.4 is 0 Å². The molecule has 0 unspecified atom stereocenters. The summed E-state index contributed by atoms with van der Waals surface area (Å²) in [6.07, 6.45) is 0.632. The van der Waals surface area contributed by atoms with Gasteiger partial charge in [-0.15, -0.1) is 0 Å². The number of nitro groups is 1. The maximum absolute atomic E-state index is 10.6. The summed E-state index contributed by atoms with van der Waals surface area (Å²) in [5.41, 5.74) is 3.02. The number of fused-ring (bicyclic) bond motifs is 1. The van der Waals surface area contributed by atoms with E-state index < -0.39 is 4.92 Å². The highest BCUT2D eigenvalue weighted by molar-refractivity contribution is 5.74. The summed E-state index contributed by atoms with van der Waals surface area (Å²) in [6, 6.07) is 14.4. The van der Waals surface area contributed by atoms with E-state index in [9.17, 15) is 10.1 Å². The second-order valence-corrected chi connectivity index (χ2v) is 4.30. The predicted molar refractivity (Wildman–Crippen MR) is 72.0 cm³/mol. The largest absolute Gasteiger partial charge is 0.342 e. The summed E-state index contributed by atoms with van der Waals surface area (Å²) in [6.45, 7) is 0. The van der Waals surface area contributed by atoms with Crippen LogP contribution in [0.25, 0.3) is 11.0 Å². The minimum atomic E-state index is -0.398. The Labute approximate surface area is 109 Å². The molecular formula is C14H11N3O2. The van der Waals surface area contributed by atoms with Gasteiger partial charge < -0.3 is 4.98 Å². The van der Waals surface area contributed by atoms with E-state index in [0.29, 0.717) is 6.42 Å². The van der Waals surface area contributed by atoms with Crippen molar-refractivity contribution in [1.82, 2.24) is 9.97 Å². The molecule has 94 valence electrons. The third-order valence-electron chi connectivity index (χ3n) is 2.96. The summed E-state index contributed by atoms with van der Waals surface area (Å²) in [7, 11) is 0. The molecule has 0 spiro atoms. The van der Waals surface area contributed by atoms with Crippen LogP contribution in [-0.2, 0) is 6.42 Å². The quantitative estimate of drug-likeness (QED) is 0.576. The number of hydrogen-bond acceptors (Lipinski definition) is 3. The van der Waals surface area contributed by atoms with E-state index in [0.717, 1.165) is 22.4 Å². The number of nitrogens with one attached hydrogen (secondary N) is 1. The van der Waals surface area contributed by atoms with Crippen molar-refractivity contribution in [3.05, 3.63) is 70.0 Å². The number of para-hydroxylation sites is 2. The number of rotatable bonds is 3. The number of hydrogen-bond donors (Lipinski definition) is 1. The maximum atomic E-state index is 10.6. The molecule has 0 aliphatic heterocycles. The SMILES string of the molecule is O=[N+]([O-])c1ccc(Cc2nc3ccccc3[nH]2)cc1. The van der Waals surface area contributed by atoms with Crippen LogP contribution in [0.1, 0.15) is 11.4 Å². The molecule has 0 saturated carbocycles. The zero-order valence-corrected chi connectivity index (χ0v) is 10.0. The molecule has 5 heteroatoms. The fraction of sp³-hybridized carbons (Fsp3) is 0.0714. The van der Waals surface area contributed by atoms with Gasteiger partial charge in [-0.25, -0.2) is 4.98 Å². The Morgan fingerprint density at radius 2 is 1.84 bits per heavy atom. The third kappa shape index (κ3) is 2.30. The topological polar surface area (TPSA) is 71.8 Å². The lowest BCUT2D eigenvalue weighted by Crippen LogP contribution is -1.92. The van der Waals surface area contributed by atoms with E-state index in [1.807, 2.05) is 24.3 Å². The van der Waals surface area contributed by atoms with Crippen molar-refractivity contribution in [3.8, 4) is 0 Å². The van der Waals surface area contributed by atoms with E-state index in [1.165, 1.54) is 12.1 Å². The molecule has 19 heavy (non-hydrogen) atoms. The van der Waals surface area contributed by atoms with Crippen LogP contribution in [0.15, 0.2) is 48.5 Å². The summed E-state index contributed by atoms with van der Waals surface area (Å²) < 4.78 is 0. The first kappa shape index (κ1) is 11.4. The predicted octanol–water partition coefficient (Wildman–Crippen LogP) is 3.06. The van der Waals surface area contributed by atoms with Crippen molar-refractivity contribution in [2.75, 3.05) is 0 Å². The molecule has 0 saturated heterocycles. The molecule has 0 aliphatic carbocycles. The van der Waals surface area contributed by atoms with E-state index in [2.05, 4.69) is 9.97 Å². The van der Waals surface area contributed by atoms with E-state index in [4.69, 9.17) is 0 Å². The van der Waals surface area contributed by atoms with Crippen LogP contribution in [0, 0.1) is 10.1 Å². The molecule has 1 heterocycles. The maximum Gasteiger partial charge on any atom is 0.269 e. The lowest BCUT2D eigenvalue weighted by Gasteiger charge is -1.97. The van der Waals surface area contributed by atoms with Crippen LogP contribution in [0.4, 0.5) is 5.69 Å². The second kappa shape index (κ2) is 4.53. The first-order valence-electron chi connectivity index (χ1n) is 5.89. The molecule has 5 nitrogen and oxygen atoms in total. The molecule has 1 N–H and O–H groups in total. The molecule has 3 aromatic rings. The molecule has 0 aliphatic rings. The molecule has 0 fully saturated rings. The smallest absolute Gasteiger partial charge is 0.269 e. The van der Waals surface area contributed by atoms with E-state index in [1.54, 1.807) is 12.1 Å². The highest BCUT2D eigenvalue weighted by Gasteiger charge is 2.06. The molecule has 0 bridgehead atoms. The normalized spacial score (nSPS) is 10.7. The number of imidazole rings is 1. The lowest BCUT2D eigenvalue weighted by atomic mass is 10.1. The van der Waals surface area contributed by atoms with Crippen molar-refractivity contribution >= 4 is 16.7 Å². The van der Waals surface area contributed by atoms with Crippen LogP contribution in [-0.4, -0.2) is 14.9 Å². The van der Waals surface area contributed by atoms with Crippen molar-refractivity contribution in [2.45, 2.75) is 6.42 Å². The summed E-state index contributed by atoms with van der Waals surface area (Å²) in [4.78, 5) is 17.9. The minimum Gasteiger partial charge on any atom is -0.342 e. The standard InChI is InChI=1S/C14H11N3O2/c18-17(19)11-7-5-10(6-8-11)9-14-15-12-3-1-2-4-13(12)16-14/h1-8H,9H2,(H,15,16). The zero-order valence-electron chi connectivity index (χ0n) is 10.0. The first-order valence-corrected chi connectivity index (χ1v) is 5.89. The van der Waals surface area contributed by atoms with Gasteiger partial charge in [0.05, 0.1) is 16.0 Å². The van der Waals surface area contributed by atoms with E-state index in [-0.39, 0.29) is 5.69 Å². The first-order chi connectivity index (χ1) is 9.22. The van der Waals surface area contributed by atoms with Crippen molar-refractivity contribution < 1.29 is 4.92 Å². The number of H-pyrrole nitrogens is 1. The molecule has 1 aromatic heterocycles. The van der Waals surface area contributed by atoms with Gasteiger partial charge in [-0.3, -0.25) is 10.1 Å². The number of aromatic nitrogens is 2. The van der Waals surface area contributed by atoms with Gasteiger partial charge >= 0.3 is 0 Å². The average molecular weight is 253 g/mol. The van der Waals surface area contributed by atoms with Crippen molar-refractivity contribution in [1.29, 1.82) is 0 Å². The van der Waals surface area contributed by atoms with Crippen LogP contribution in [0.3, 0.4) is 0 Å². The Morgan fingerprint density at radius 1 is 1.11 bits per heavy atom. The Morgan fingerprint density at radius 3 is 2.53 bits per heavy atom. The van der Waals surface area contributed by atoms with Gasteiger partial charge in [-0.1, -0.05) is 24.3 Å². The van der Waals surface area contributed by atoms with Crippen molar-refractivity contribution in [3.63, 3.8) is 0 Å². The van der Waals surface area contributed by atoms with Gasteiger partial charge in [0.25, 0.3) is 5.69 Å². The van der Waals surface area contributed by atoms with Gasteiger partial charge in [0.15, 0.2) is 0 Å². The van der Waals surface area contributed by atoms with Gasteiger partial charge in [0, 0.05) is 18.6 Å². The van der Waals surface area contributed by atoms with Crippen LogP contribution >= 0.6 is 0 Å². The number of benzene rings is 2. The Bertz CT molecular complexity index is 699. The number of nitrogens with zero attached hydrogens (tertiary/aromatic N) is 2. The monoisotopic (exact) mass is 253 g/mol. The fourth-order valence-corrected chi connectivity index (χ4v) is 2.02. The van der Waals surface area contributed by atoms with Gasteiger partial charge in [-0.2, -0.15) is 0 Å². The van der Waals surface area contributed by atoms with Crippen LogP contribution in [0.5, 0.6) is 0 Å². The van der Waals surface area contributed by atoms with Crippen LogP contribution in [0.2, 0.25) is 0 Å². The van der Waals surface area contributed by atoms with E-state index >= 15 is 0 Å². The molecular weight excluding hydrogens is 242 g/mol. The molecule has 0 radical (unpaired) electrons. The highest BCUT2D eigenvalue weighted by Crippen LogP contribution is 2.16. The summed E-state index contributed by atoms with van der Waals surface area (Å²) in [5, 5.41) is 10.6. The molecule has 0 atom stereocenters.